The topological polar surface area (TPSA) is 37.3 Å². The Morgan fingerprint density at radius 2 is 1.83 bits per heavy atom. The van der Waals surface area contributed by atoms with Gasteiger partial charge in [-0.15, -0.1) is 0 Å². The van der Waals surface area contributed by atoms with Crippen molar-refractivity contribution in [2.45, 2.75) is 19.4 Å². The average Bonchev–Trinajstić information content (AvgIpc) is 2.46. The van der Waals surface area contributed by atoms with Crippen LogP contribution in [0.4, 0.5) is 0 Å². The number of carbonyl (C=O) groups excluding carboxylic acids is 1. The molecule has 0 saturated carbocycles. The van der Waals surface area contributed by atoms with E-state index in [0.717, 1.165) is 12.0 Å². The van der Waals surface area contributed by atoms with Gasteiger partial charge < -0.3 is 5.11 Å². The SMILES string of the molecule is CCc1cccc(C(=O)C(O)c2ccccc2)c1. The zero-order valence-electron chi connectivity index (χ0n) is 10.3. The van der Waals surface area contributed by atoms with Crippen LogP contribution in [0.15, 0.2) is 54.6 Å². The molecule has 0 aliphatic carbocycles. The van der Waals surface area contributed by atoms with Gasteiger partial charge in [-0.05, 0) is 23.6 Å². The molecule has 2 aromatic carbocycles. The third-order valence-corrected chi connectivity index (χ3v) is 2.98. The molecule has 0 saturated heterocycles. The summed E-state index contributed by atoms with van der Waals surface area (Å²) in [5.41, 5.74) is 2.29. The fraction of sp³-hybridized carbons (Fsp3) is 0.188. The summed E-state index contributed by atoms with van der Waals surface area (Å²) in [4.78, 5) is 12.2. The Morgan fingerprint density at radius 1 is 1.11 bits per heavy atom. The summed E-state index contributed by atoms with van der Waals surface area (Å²) in [6.45, 7) is 2.04. The van der Waals surface area contributed by atoms with Crippen molar-refractivity contribution in [1.29, 1.82) is 0 Å². The Hall–Kier alpha value is -1.93. The zero-order chi connectivity index (χ0) is 13.0. The van der Waals surface area contributed by atoms with Gasteiger partial charge >= 0.3 is 0 Å². The smallest absolute Gasteiger partial charge is 0.195 e. The highest BCUT2D eigenvalue weighted by molar-refractivity contribution is 6.00. The molecule has 0 heterocycles. The van der Waals surface area contributed by atoms with Crippen LogP contribution in [-0.2, 0) is 6.42 Å². The van der Waals surface area contributed by atoms with Crippen LogP contribution in [0.2, 0.25) is 0 Å². The van der Waals surface area contributed by atoms with Crippen molar-refractivity contribution >= 4 is 5.78 Å². The summed E-state index contributed by atoms with van der Waals surface area (Å²) in [5.74, 6) is -0.253. The lowest BCUT2D eigenvalue weighted by Gasteiger charge is -2.10. The molecule has 2 aromatic rings. The molecular formula is C16H16O2. The van der Waals surface area contributed by atoms with Crippen molar-refractivity contribution in [2.24, 2.45) is 0 Å². The Balaban J connectivity index is 2.25. The van der Waals surface area contributed by atoms with Gasteiger partial charge in [-0.2, -0.15) is 0 Å². The maximum absolute atomic E-state index is 12.2. The number of benzene rings is 2. The lowest BCUT2D eigenvalue weighted by molar-refractivity contribution is 0.0747. The van der Waals surface area contributed by atoms with Gasteiger partial charge in [0.2, 0.25) is 0 Å². The van der Waals surface area contributed by atoms with E-state index in [-0.39, 0.29) is 5.78 Å². The summed E-state index contributed by atoms with van der Waals surface area (Å²) in [5, 5.41) is 10.1. The molecule has 1 unspecified atom stereocenters. The Bertz CT molecular complexity index is 532. The third kappa shape index (κ3) is 2.66. The van der Waals surface area contributed by atoms with Gasteiger partial charge in [0.15, 0.2) is 5.78 Å². The molecule has 0 spiro atoms. The van der Waals surface area contributed by atoms with E-state index in [1.54, 1.807) is 18.2 Å². The molecule has 92 valence electrons. The number of carbonyl (C=O) groups is 1. The number of aliphatic hydroxyl groups excluding tert-OH is 1. The van der Waals surface area contributed by atoms with E-state index in [2.05, 4.69) is 0 Å². The molecule has 2 rings (SSSR count). The summed E-state index contributed by atoms with van der Waals surface area (Å²) in [7, 11) is 0. The van der Waals surface area contributed by atoms with Gasteiger partial charge in [-0.3, -0.25) is 4.79 Å². The minimum Gasteiger partial charge on any atom is -0.380 e. The van der Waals surface area contributed by atoms with E-state index in [1.807, 2.05) is 43.3 Å². The average molecular weight is 240 g/mol. The predicted molar refractivity (Wildman–Crippen MR) is 71.6 cm³/mol. The van der Waals surface area contributed by atoms with Crippen LogP contribution in [0.5, 0.6) is 0 Å². The van der Waals surface area contributed by atoms with Gasteiger partial charge in [0, 0.05) is 5.56 Å². The van der Waals surface area contributed by atoms with Crippen molar-refractivity contribution < 1.29 is 9.90 Å². The number of rotatable bonds is 4. The molecule has 0 radical (unpaired) electrons. The molecule has 0 amide bonds. The molecule has 0 bridgehead atoms. The second kappa shape index (κ2) is 5.61. The van der Waals surface area contributed by atoms with Crippen molar-refractivity contribution in [1.82, 2.24) is 0 Å². The number of aliphatic hydroxyl groups is 1. The molecule has 0 fully saturated rings. The fourth-order valence-corrected chi connectivity index (χ4v) is 1.89. The van der Waals surface area contributed by atoms with E-state index in [1.165, 1.54) is 0 Å². The molecule has 2 heteroatoms. The van der Waals surface area contributed by atoms with Crippen molar-refractivity contribution in [3.8, 4) is 0 Å². The summed E-state index contributed by atoms with van der Waals surface area (Å²) in [6.07, 6.45) is -0.207. The highest BCUT2D eigenvalue weighted by Gasteiger charge is 2.18. The fourth-order valence-electron chi connectivity index (χ4n) is 1.89. The first-order valence-electron chi connectivity index (χ1n) is 6.08. The maximum Gasteiger partial charge on any atom is 0.195 e. The van der Waals surface area contributed by atoms with E-state index in [9.17, 15) is 9.90 Å². The second-order valence-electron chi connectivity index (χ2n) is 4.23. The van der Waals surface area contributed by atoms with Crippen LogP contribution in [0.25, 0.3) is 0 Å². The molecule has 1 atom stereocenters. The first-order valence-corrected chi connectivity index (χ1v) is 6.08. The molecular weight excluding hydrogens is 224 g/mol. The monoisotopic (exact) mass is 240 g/mol. The van der Waals surface area contributed by atoms with Crippen LogP contribution < -0.4 is 0 Å². The van der Waals surface area contributed by atoms with Crippen molar-refractivity contribution in [3.05, 3.63) is 71.3 Å². The maximum atomic E-state index is 12.2. The van der Waals surface area contributed by atoms with E-state index in [0.29, 0.717) is 11.1 Å². The predicted octanol–water partition coefficient (Wildman–Crippen LogP) is 3.17. The summed E-state index contributed by atoms with van der Waals surface area (Å²) < 4.78 is 0. The molecule has 0 aromatic heterocycles. The molecule has 0 aliphatic rings. The number of aryl methyl sites for hydroxylation is 1. The Morgan fingerprint density at radius 3 is 2.50 bits per heavy atom. The number of Topliss-reactive ketones (excluding diaryl/α,β-unsaturated/α-hetero) is 1. The van der Waals surface area contributed by atoms with E-state index < -0.39 is 6.10 Å². The minimum absolute atomic E-state index is 0.253. The molecule has 2 nitrogen and oxygen atoms in total. The highest BCUT2D eigenvalue weighted by Crippen LogP contribution is 2.18. The summed E-state index contributed by atoms with van der Waals surface area (Å²) in [6, 6.07) is 16.4. The number of hydrogen-bond donors (Lipinski definition) is 1. The van der Waals surface area contributed by atoms with Gasteiger partial charge in [0.1, 0.15) is 6.10 Å². The lowest BCUT2D eigenvalue weighted by atomic mass is 9.98. The standard InChI is InChI=1S/C16H16O2/c1-2-12-7-6-10-14(11-12)16(18)15(17)13-8-4-3-5-9-13/h3-11,15,17H,2H2,1H3. The molecule has 18 heavy (non-hydrogen) atoms. The molecule has 1 N–H and O–H groups in total. The summed E-state index contributed by atoms with van der Waals surface area (Å²) >= 11 is 0. The van der Waals surface area contributed by atoms with Crippen LogP contribution in [-0.4, -0.2) is 10.9 Å². The normalized spacial score (nSPS) is 12.1. The third-order valence-electron chi connectivity index (χ3n) is 2.98. The highest BCUT2D eigenvalue weighted by atomic mass is 16.3. The second-order valence-corrected chi connectivity index (χ2v) is 4.23. The first-order chi connectivity index (χ1) is 8.72. The van der Waals surface area contributed by atoms with Crippen LogP contribution >= 0.6 is 0 Å². The lowest BCUT2D eigenvalue weighted by Crippen LogP contribution is -2.12. The van der Waals surface area contributed by atoms with Gasteiger partial charge in [-0.1, -0.05) is 55.5 Å². The van der Waals surface area contributed by atoms with Crippen LogP contribution in [0.3, 0.4) is 0 Å². The van der Waals surface area contributed by atoms with Gasteiger partial charge in [-0.25, -0.2) is 0 Å². The number of ketones is 1. The van der Waals surface area contributed by atoms with Crippen LogP contribution in [0, 0.1) is 0 Å². The Labute approximate surface area is 107 Å². The molecule has 0 aliphatic heterocycles. The van der Waals surface area contributed by atoms with E-state index >= 15 is 0 Å². The first kappa shape index (κ1) is 12.5. The zero-order valence-corrected chi connectivity index (χ0v) is 10.3. The van der Waals surface area contributed by atoms with Gasteiger partial charge in [0.25, 0.3) is 0 Å². The van der Waals surface area contributed by atoms with Crippen molar-refractivity contribution in [3.63, 3.8) is 0 Å². The Kier molecular flexibility index (Phi) is 3.90. The van der Waals surface area contributed by atoms with Crippen molar-refractivity contribution in [2.75, 3.05) is 0 Å². The number of hydrogen-bond acceptors (Lipinski definition) is 2. The largest absolute Gasteiger partial charge is 0.380 e. The van der Waals surface area contributed by atoms with Gasteiger partial charge in [0.05, 0.1) is 0 Å². The van der Waals surface area contributed by atoms with E-state index in [4.69, 9.17) is 0 Å². The minimum atomic E-state index is -1.08. The quantitative estimate of drug-likeness (QED) is 0.833. The van der Waals surface area contributed by atoms with Crippen LogP contribution in [0.1, 0.15) is 34.5 Å².